The number of anilines is 2. The summed E-state index contributed by atoms with van der Waals surface area (Å²) in [6, 6.07) is 11.7. The Bertz CT molecular complexity index is 1000. The molecular weight excluding hydrogens is 368 g/mol. The minimum atomic E-state index is -0.382. The van der Waals surface area contributed by atoms with Gasteiger partial charge in [-0.1, -0.05) is 24.3 Å². The number of para-hydroxylation sites is 1. The van der Waals surface area contributed by atoms with Crippen LogP contribution in [0.25, 0.3) is 10.9 Å². The highest BCUT2D eigenvalue weighted by Crippen LogP contribution is 2.28. The molecule has 0 atom stereocenters. The van der Waals surface area contributed by atoms with E-state index in [-0.39, 0.29) is 5.97 Å². The molecule has 0 saturated carbocycles. The van der Waals surface area contributed by atoms with Crippen LogP contribution in [0.2, 0.25) is 0 Å². The third-order valence-electron chi connectivity index (χ3n) is 4.90. The minimum absolute atomic E-state index is 0.314. The van der Waals surface area contributed by atoms with Gasteiger partial charge in [0.05, 0.1) is 31.0 Å². The van der Waals surface area contributed by atoms with Gasteiger partial charge in [-0.15, -0.1) is 0 Å². The van der Waals surface area contributed by atoms with Gasteiger partial charge in [0.2, 0.25) is 0 Å². The van der Waals surface area contributed by atoms with E-state index in [2.05, 4.69) is 26.3 Å². The van der Waals surface area contributed by atoms with Crippen LogP contribution in [0.15, 0.2) is 48.8 Å². The summed E-state index contributed by atoms with van der Waals surface area (Å²) in [7, 11) is 0. The molecule has 2 aromatic heterocycles. The molecule has 0 amide bonds. The van der Waals surface area contributed by atoms with Crippen molar-refractivity contribution < 1.29 is 14.3 Å². The Balaban J connectivity index is 1.66. The zero-order valence-electron chi connectivity index (χ0n) is 16.4. The number of hydrogen-bond acceptors (Lipinski definition) is 7. The van der Waals surface area contributed by atoms with Crippen LogP contribution in [0.3, 0.4) is 0 Å². The van der Waals surface area contributed by atoms with Crippen LogP contribution in [0.1, 0.15) is 22.8 Å². The van der Waals surface area contributed by atoms with E-state index >= 15 is 0 Å². The summed E-state index contributed by atoms with van der Waals surface area (Å²) in [6.45, 7) is 5.67. The van der Waals surface area contributed by atoms with Gasteiger partial charge in [-0.25, -0.2) is 9.78 Å². The number of ether oxygens (including phenoxy) is 2. The number of morpholine rings is 1. The predicted octanol–water partition coefficient (Wildman–Crippen LogP) is 3.26. The van der Waals surface area contributed by atoms with E-state index in [0.29, 0.717) is 31.9 Å². The van der Waals surface area contributed by atoms with Crippen molar-refractivity contribution in [3.8, 4) is 0 Å². The fourth-order valence-electron chi connectivity index (χ4n) is 3.51. The molecule has 7 nitrogen and oxygen atoms in total. The second kappa shape index (κ2) is 8.87. The molecule has 1 fully saturated rings. The van der Waals surface area contributed by atoms with Gasteiger partial charge in [0.15, 0.2) is 0 Å². The molecule has 1 saturated heterocycles. The van der Waals surface area contributed by atoms with Crippen LogP contribution in [-0.4, -0.2) is 48.8 Å². The fraction of sp³-hybridized carbons (Fsp3) is 0.318. The van der Waals surface area contributed by atoms with E-state index in [1.807, 2.05) is 30.3 Å². The molecule has 1 aromatic carbocycles. The van der Waals surface area contributed by atoms with Gasteiger partial charge in [0.1, 0.15) is 11.4 Å². The van der Waals surface area contributed by atoms with Crippen molar-refractivity contribution in [3.05, 3.63) is 59.9 Å². The smallest absolute Gasteiger partial charge is 0.341 e. The van der Waals surface area contributed by atoms with Crippen LogP contribution in [0.4, 0.5) is 11.5 Å². The molecule has 1 N–H and O–H groups in total. The summed E-state index contributed by atoms with van der Waals surface area (Å²) in [5.41, 5.74) is 3.04. The van der Waals surface area contributed by atoms with Crippen molar-refractivity contribution in [2.45, 2.75) is 13.5 Å². The maximum absolute atomic E-state index is 12.5. The molecule has 150 valence electrons. The zero-order valence-corrected chi connectivity index (χ0v) is 16.4. The summed E-state index contributed by atoms with van der Waals surface area (Å²) in [4.78, 5) is 23.7. The van der Waals surface area contributed by atoms with Gasteiger partial charge in [0, 0.05) is 43.0 Å². The summed E-state index contributed by atoms with van der Waals surface area (Å²) in [5, 5.41) is 4.34. The van der Waals surface area contributed by atoms with Gasteiger partial charge in [-0.3, -0.25) is 4.98 Å². The maximum Gasteiger partial charge on any atom is 0.341 e. The van der Waals surface area contributed by atoms with Crippen LogP contribution in [0.5, 0.6) is 0 Å². The van der Waals surface area contributed by atoms with Gasteiger partial charge in [-0.2, -0.15) is 0 Å². The SMILES string of the molecule is CCOC(=O)c1cnc2ccccc2c1NCc1cccnc1N1CCOCC1. The van der Waals surface area contributed by atoms with Gasteiger partial charge >= 0.3 is 5.97 Å². The molecule has 0 bridgehead atoms. The Hall–Kier alpha value is -3.19. The number of pyridine rings is 2. The number of benzene rings is 1. The van der Waals surface area contributed by atoms with Crippen molar-refractivity contribution in [1.29, 1.82) is 0 Å². The van der Waals surface area contributed by atoms with Crippen LogP contribution < -0.4 is 10.2 Å². The minimum Gasteiger partial charge on any atom is -0.462 e. The standard InChI is InChI=1S/C22H24N4O3/c1-2-29-22(27)18-15-24-19-8-4-3-7-17(19)20(18)25-14-16-6-5-9-23-21(16)26-10-12-28-13-11-26/h3-9,15H,2,10-14H2,1H3,(H,24,25). The Morgan fingerprint density at radius 3 is 2.83 bits per heavy atom. The van der Waals surface area contributed by atoms with Crippen molar-refractivity contribution in [3.63, 3.8) is 0 Å². The Kier molecular flexibility index (Phi) is 5.86. The lowest BCUT2D eigenvalue weighted by molar-refractivity contribution is 0.0527. The van der Waals surface area contributed by atoms with Crippen LogP contribution in [0, 0.1) is 0 Å². The summed E-state index contributed by atoms with van der Waals surface area (Å²) in [6.07, 6.45) is 3.38. The van der Waals surface area contributed by atoms with E-state index in [1.165, 1.54) is 0 Å². The van der Waals surface area contributed by atoms with E-state index in [1.54, 1.807) is 19.3 Å². The molecule has 0 radical (unpaired) electrons. The van der Waals surface area contributed by atoms with Crippen LogP contribution in [-0.2, 0) is 16.0 Å². The van der Waals surface area contributed by atoms with E-state index < -0.39 is 0 Å². The topological polar surface area (TPSA) is 76.6 Å². The van der Waals surface area contributed by atoms with Gasteiger partial charge in [0.25, 0.3) is 0 Å². The summed E-state index contributed by atoms with van der Waals surface area (Å²) < 4.78 is 10.7. The average Bonchev–Trinajstić information content (AvgIpc) is 2.78. The molecule has 0 aliphatic carbocycles. The maximum atomic E-state index is 12.5. The Morgan fingerprint density at radius 1 is 1.17 bits per heavy atom. The van der Waals surface area contributed by atoms with Crippen molar-refractivity contribution >= 4 is 28.4 Å². The second-order valence-electron chi connectivity index (χ2n) is 6.72. The molecule has 1 aliphatic heterocycles. The van der Waals surface area contributed by atoms with Crippen LogP contribution >= 0.6 is 0 Å². The van der Waals surface area contributed by atoms with Crippen molar-refractivity contribution in [1.82, 2.24) is 9.97 Å². The molecular formula is C22H24N4O3. The lowest BCUT2D eigenvalue weighted by Crippen LogP contribution is -2.37. The Labute approximate surface area is 169 Å². The molecule has 3 heterocycles. The van der Waals surface area contributed by atoms with Crippen molar-refractivity contribution in [2.75, 3.05) is 43.1 Å². The molecule has 3 aromatic rings. The normalized spacial score (nSPS) is 14.0. The molecule has 0 spiro atoms. The van der Waals surface area contributed by atoms with Crippen molar-refractivity contribution in [2.24, 2.45) is 0 Å². The van der Waals surface area contributed by atoms with E-state index in [9.17, 15) is 4.79 Å². The monoisotopic (exact) mass is 392 g/mol. The van der Waals surface area contributed by atoms with Gasteiger partial charge < -0.3 is 19.7 Å². The number of esters is 1. The third-order valence-corrected chi connectivity index (χ3v) is 4.90. The first-order valence-corrected chi connectivity index (χ1v) is 9.83. The first-order chi connectivity index (χ1) is 14.3. The molecule has 4 rings (SSSR count). The summed E-state index contributed by atoms with van der Waals surface area (Å²) >= 11 is 0. The molecule has 7 heteroatoms. The highest BCUT2D eigenvalue weighted by Gasteiger charge is 2.19. The third kappa shape index (κ3) is 4.14. The number of aromatic nitrogens is 2. The lowest BCUT2D eigenvalue weighted by atomic mass is 10.1. The number of carbonyl (C=O) groups excluding carboxylic acids is 1. The molecule has 1 aliphatic rings. The predicted molar refractivity (Wildman–Crippen MR) is 112 cm³/mol. The quantitative estimate of drug-likeness (QED) is 0.645. The highest BCUT2D eigenvalue weighted by atomic mass is 16.5. The number of carbonyl (C=O) groups is 1. The van der Waals surface area contributed by atoms with E-state index in [0.717, 1.165) is 41.1 Å². The zero-order chi connectivity index (χ0) is 20.1. The number of nitrogens with one attached hydrogen (secondary N) is 1. The lowest BCUT2D eigenvalue weighted by Gasteiger charge is -2.29. The average molecular weight is 392 g/mol. The van der Waals surface area contributed by atoms with Gasteiger partial charge in [-0.05, 0) is 19.1 Å². The number of fused-ring (bicyclic) bond motifs is 1. The number of rotatable bonds is 6. The Morgan fingerprint density at radius 2 is 2.00 bits per heavy atom. The molecule has 0 unspecified atom stereocenters. The fourth-order valence-corrected chi connectivity index (χ4v) is 3.51. The number of nitrogens with zero attached hydrogens (tertiary/aromatic N) is 3. The highest BCUT2D eigenvalue weighted by molar-refractivity contribution is 6.04. The largest absolute Gasteiger partial charge is 0.462 e. The van der Waals surface area contributed by atoms with E-state index in [4.69, 9.17) is 9.47 Å². The molecule has 29 heavy (non-hydrogen) atoms. The first-order valence-electron chi connectivity index (χ1n) is 9.83. The second-order valence-corrected chi connectivity index (χ2v) is 6.72. The summed E-state index contributed by atoms with van der Waals surface area (Å²) in [5.74, 6) is 0.562. The first kappa shape index (κ1) is 19.1. The number of hydrogen-bond donors (Lipinski definition) is 1.